The Kier molecular flexibility index (Phi) is 5.76. The molecule has 0 unspecified atom stereocenters. The Bertz CT molecular complexity index is 625. The Labute approximate surface area is 133 Å². The first-order valence-corrected chi connectivity index (χ1v) is 8.71. The average Bonchev–Trinajstić information content (AvgIpc) is 2.93. The van der Waals surface area contributed by atoms with Gasteiger partial charge in [0.25, 0.3) is 0 Å². The lowest BCUT2D eigenvalue weighted by molar-refractivity contribution is 0.102. The number of aromatic nitrogens is 2. The molecule has 2 rings (SSSR count). The van der Waals surface area contributed by atoms with Gasteiger partial charge in [-0.3, -0.25) is 4.79 Å². The molecule has 0 aliphatic heterocycles. The van der Waals surface area contributed by atoms with Gasteiger partial charge in [0.1, 0.15) is 0 Å². The zero-order chi connectivity index (χ0) is 15.2. The van der Waals surface area contributed by atoms with Crippen LogP contribution in [0.3, 0.4) is 0 Å². The lowest BCUT2D eigenvalue weighted by Crippen LogP contribution is -2.05. The zero-order valence-electron chi connectivity index (χ0n) is 12.5. The molecular weight excluding hydrogens is 302 g/mol. The lowest BCUT2D eigenvalue weighted by atomic mass is 10.0. The zero-order valence-corrected chi connectivity index (χ0v) is 14.1. The van der Waals surface area contributed by atoms with E-state index in [2.05, 4.69) is 22.4 Å². The topological polar surface area (TPSA) is 54.9 Å². The predicted octanol–water partition coefficient (Wildman–Crippen LogP) is 3.95. The van der Waals surface area contributed by atoms with Crippen molar-refractivity contribution in [3.8, 4) is 0 Å². The van der Waals surface area contributed by atoms with Gasteiger partial charge in [-0.2, -0.15) is 0 Å². The lowest BCUT2D eigenvalue weighted by Gasteiger charge is -2.05. The molecule has 112 valence electrons. The van der Waals surface area contributed by atoms with Crippen LogP contribution in [-0.4, -0.2) is 28.3 Å². The molecule has 0 saturated heterocycles. The molecule has 0 atom stereocenters. The summed E-state index contributed by atoms with van der Waals surface area (Å²) in [5, 5.41) is 12.2. The van der Waals surface area contributed by atoms with E-state index in [1.54, 1.807) is 0 Å². The summed E-state index contributed by atoms with van der Waals surface area (Å²) in [5.74, 6) is 0.534. The standard InChI is InChI=1S/C15H19N3OS2/c1-4-7-16-14-17-18-15(21-14)20-9-13(19)12-8-10(2)5-6-11(12)3/h5-6,8H,4,7,9H2,1-3H3,(H,16,17). The summed E-state index contributed by atoms with van der Waals surface area (Å²) in [5.41, 5.74) is 2.93. The third kappa shape index (κ3) is 4.54. The van der Waals surface area contributed by atoms with Crippen LogP contribution < -0.4 is 5.32 Å². The third-order valence-corrected chi connectivity index (χ3v) is 4.97. The van der Waals surface area contributed by atoms with Crippen molar-refractivity contribution < 1.29 is 4.79 Å². The van der Waals surface area contributed by atoms with Crippen LogP contribution in [-0.2, 0) is 0 Å². The Hall–Kier alpha value is -1.40. The highest BCUT2D eigenvalue weighted by Crippen LogP contribution is 2.26. The normalized spacial score (nSPS) is 10.6. The Morgan fingerprint density at radius 3 is 2.90 bits per heavy atom. The number of anilines is 1. The first-order chi connectivity index (χ1) is 10.1. The second kappa shape index (κ2) is 7.56. The van der Waals surface area contributed by atoms with Crippen LogP contribution in [0.4, 0.5) is 5.13 Å². The molecule has 0 bridgehead atoms. The second-order valence-corrected chi connectivity index (χ2v) is 7.03. The van der Waals surface area contributed by atoms with Crippen LogP contribution in [0.25, 0.3) is 0 Å². The predicted molar refractivity (Wildman–Crippen MR) is 89.7 cm³/mol. The Morgan fingerprint density at radius 1 is 1.33 bits per heavy atom. The van der Waals surface area contributed by atoms with Gasteiger partial charge in [0.15, 0.2) is 10.1 Å². The van der Waals surface area contributed by atoms with Gasteiger partial charge in [-0.05, 0) is 31.9 Å². The summed E-state index contributed by atoms with van der Waals surface area (Å²) in [6.45, 7) is 6.96. The van der Waals surface area contributed by atoms with Crippen molar-refractivity contribution in [3.05, 3.63) is 34.9 Å². The number of nitrogens with one attached hydrogen (secondary N) is 1. The number of benzene rings is 1. The summed E-state index contributed by atoms with van der Waals surface area (Å²) in [6, 6.07) is 5.97. The molecule has 2 aromatic rings. The first kappa shape index (κ1) is 16.0. The van der Waals surface area contributed by atoms with E-state index in [0.717, 1.165) is 39.1 Å². The molecule has 4 nitrogen and oxygen atoms in total. The van der Waals surface area contributed by atoms with Crippen molar-refractivity contribution in [2.45, 2.75) is 31.5 Å². The van der Waals surface area contributed by atoms with Gasteiger partial charge in [0.05, 0.1) is 5.75 Å². The summed E-state index contributed by atoms with van der Waals surface area (Å²) in [4.78, 5) is 12.3. The summed E-state index contributed by atoms with van der Waals surface area (Å²) in [6.07, 6.45) is 1.05. The number of thioether (sulfide) groups is 1. The molecule has 0 aliphatic carbocycles. The fraction of sp³-hybridized carbons (Fsp3) is 0.400. The number of nitrogens with zero attached hydrogens (tertiary/aromatic N) is 2. The minimum absolute atomic E-state index is 0.138. The highest BCUT2D eigenvalue weighted by molar-refractivity contribution is 8.01. The highest BCUT2D eigenvalue weighted by Gasteiger charge is 2.12. The van der Waals surface area contributed by atoms with Gasteiger partial charge in [-0.25, -0.2) is 0 Å². The van der Waals surface area contributed by atoms with Crippen molar-refractivity contribution in [3.63, 3.8) is 0 Å². The van der Waals surface area contributed by atoms with Gasteiger partial charge in [0, 0.05) is 12.1 Å². The van der Waals surface area contributed by atoms with Gasteiger partial charge in [-0.1, -0.05) is 47.7 Å². The third-order valence-electron chi connectivity index (χ3n) is 2.95. The number of carbonyl (C=O) groups excluding carboxylic acids is 1. The summed E-state index contributed by atoms with van der Waals surface area (Å²) >= 11 is 2.94. The Balaban J connectivity index is 1.94. The van der Waals surface area contributed by atoms with E-state index in [4.69, 9.17) is 0 Å². The van der Waals surface area contributed by atoms with Crippen LogP contribution in [0.15, 0.2) is 22.5 Å². The molecule has 1 heterocycles. The van der Waals surface area contributed by atoms with Gasteiger partial charge < -0.3 is 5.32 Å². The molecule has 0 radical (unpaired) electrons. The molecule has 1 aromatic carbocycles. The number of Topliss-reactive ketones (excluding diaryl/α,β-unsaturated/α-hetero) is 1. The largest absolute Gasteiger partial charge is 0.360 e. The molecular formula is C15H19N3OS2. The van der Waals surface area contributed by atoms with Gasteiger partial charge in [0.2, 0.25) is 5.13 Å². The van der Waals surface area contributed by atoms with E-state index >= 15 is 0 Å². The molecule has 21 heavy (non-hydrogen) atoms. The summed E-state index contributed by atoms with van der Waals surface area (Å²) < 4.78 is 0.826. The van der Waals surface area contributed by atoms with E-state index in [1.807, 2.05) is 32.0 Å². The van der Waals surface area contributed by atoms with Crippen molar-refractivity contribution in [1.82, 2.24) is 10.2 Å². The number of carbonyl (C=O) groups is 1. The maximum Gasteiger partial charge on any atom is 0.206 e. The average molecular weight is 321 g/mol. The highest BCUT2D eigenvalue weighted by atomic mass is 32.2. The molecule has 6 heteroatoms. The maximum atomic E-state index is 12.3. The number of ketones is 1. The second-order valence-electron chi connectivity index (χ2n) is 4.83. The molecule has 0 aliphatic rings. The van der Waals surface area contributed by atoms with Crippen molar-refractivity contribution in [2.24, 2.45) is 0 Å². The quantitative estimate of drug-likeness (QED) is 0.618. The van der Waals surface area contributed by atoms with Crippen LogP contribution in [0, 0.1) is 13.8 Å². The van der Waals surface area contributed by atoms with E-state index < -0.39 is 0 Å². The van der Waals surface area contributed by atoms with Crippen molar-refractivity contribution >= 4 is 34.0 Å². The van der Waals surface area contributed by atoms with Crippen LogP contribution >= 0.6 is 23.1 Å². The van der Waals surface area contributed by atoms with Crippen molar-refractivity contribution in [2.75, 3.05) is 17.6 Å². The minimum Gasteiger partial charge on any atom is -0.360 e. The van der Waals surface area contributed by atoms with Crippen LogP contribution in [0.1, 0.15) is 34.8 Å². The molecule has 0 amide bonds. The van der Waals surface area contributed by atoms with E-state index in [-0.39, 0.29) is 5.78 Å². The Morgan fingerprint density at radius 2 is 2.14 bits per heavy atom. The fourth-order valence-corrected chi connectivity index (χ4v) is 3.47. The van der Waals surface area contributed by atoms with E-state index in [9.17, 15) is 4.79 Å². The molecule has 0 fully saturated rings. The number of hydrogen-bond donors (Lipinski definition) is 1. The van der Waals surface area contributed by atoms with Crippen LogP contribution in [0.5, 0.6) is 0 Å². The van der Waals surface area contributed by atoms with E-state index in [0.29, 0.717) is 5.75 Å². The maximum absolute atomic E-state index is 12.3. The summed E-state index contributed by atoms with van der Waals surface area (Å²) in [7, 11) is 0. The molecule has 0 saturated carbocycles. The fourth-order valence-electron chi connectivity index (χ4n) is 1.81. The monoisotopic (exact) mass is 321 g/mol. The van der Waals surface area contributed by atoms with Gasteiger partial charge in [-0.15, -0.1) is 10.2 Å². The smallest absolute Gasteiger partial charge is 0.206 e. The number of rotatable bonds is 7. The van der Waals surface area contributed by atoms with E-state index in [1.165, 1.54) is 23.1 Å². The SMILES string of the molecule is CCCNc1nnc(SCC(=O)c2cc(C)ccc2C)s1. The minimum atomic E-state index is 0.138. The first-order valence-electron chi connectivity index (χ1n) is 6.90. The van der Waals surface area contributed by atoms with Crippen molar-refractivity contribution in [1.29, 1.82) is 0 Å². The number of aryl methyl sites for hydroxylation is 2. The number of hydrogen-bond acceptors (Lipinski definition) is 6. The molecule has 0 spiro atoms. The van der Waals surface area contributed by atoms with Gasteiger partial charge >= 0.3 is 0 Å². The molecule has 1 N–H and O–H groups in total. The van der Waals surface area contributed by atoms with Crippen LogP contribution in [0.2, 0.25) is 0 Å². The molecule has 1 aromatic heterocycles.